The number of hydrogen-bond acceptors (Lipinski definition) is 4. The number of ether oxygens (including phenoxy) is 2. The molecule has 1 saturated heterocycles. The summed E-state index contributed by atoms with van der Waals surface area (Å²) in [6.45, 7) is 5.74. The van der Waals surface area contributed by atoms with E-state index in [4.69, 9.17) is 15.2 Å². The van der Waals surface area contributed by atoms with E-state index in [0.29, 0.717) is 51.7 Å². The summed E-state index contributed by atoms with van der Waals surface area (Å²) in [6, 6.07) is 4.35. The Morgan fingerprint density at radius 3 is 2.74 bits per heavy atom. The highest BCUT2D eigenvalue weighted by molar-refractivity contribution is 5.77. The van der Waals surface area contributed by atoms with E-state index in [-0.39, 0.29) is 18.1 Å². The van der Waals surface area contributed by atoms with E-state index in [1.54, 1.807) is 6.07 Å². The molecule has 152 valence electrons. The summed E-state index contributed by atoms with van der Waals surface area (Å²) < 4.78 is 50.9. The van der Waals surface area contributed by atoms with Crippen LogP contribution in [0.15, 0.2) is 23.2 Å². The first-order chi connectivity index (χ1) is 12.9. The van der Waals surface area contributed by atoms with Crippen LogP contribution in [0.25, 0.3) is 0 Å². The molecule has 1 fully saturated rings. The van der Waals surface area contributed by atoms with Crippen LogP contribution < -0.4 is 16.0 Å². The third-order valence-corrected chi connectivity index (χ3v) is 4.17. The van der Waals surface area contributed by atoms with Crippen LogP contribution in [0.3, 0.4) is 0 Å². The van der Waals surface area contributed by atoms with Gasteiger partial charge in [0.25, 0.3) is 0 Å². The Morgan fingerprint density at radius 2 is 2.07 bits per heavy atom. The van der Waals surface area contributed by atoms with E-state index in [1.165, 1.54) is 12.1 Å². The molecule has 0 amide bonds. The van der Waals surface area contributed by atoms with Crippen LogP contribution in [0.2, 0.25) is 0 Å². The van der Waals surface area contributed by atoms with Crippen LogP contribution in [0, 0.1) is 0 Å². The molecule has 1 aliphatic rings. The van der Waals surface area contributed by atoms with Gasteiger partial charge in [-0.3, -0.25) is 0 Å². The number of aliphatic imine (C=N–C) groups is 1. The maximum absolute atomic E-state index is 13.5. The van der Waals surface area contributed by atoms with E-state index < -0.39 is 11.7 Å². The highest BCUT2D eigenvalue weighted by Crippen LogP contribution is 2.35. The molecule has 1 heterocycles. The monoisotopic (exact) mass is 388 g/mol. The third kappa shape index (κ3) is 6.91. The fourth-order valence-electron chi connectivity index (χ4n) is 2.75. The van der Waals surface area contributed by atoms with Gasteiger partial charge in [0.2, 0.25) is 0 Å². The van der Waals surface area contributed by atoms with Gasteiger partial charge >= 0.3 is 6.18 Å². The van der Waals surface area contributed by atoms with Crippen molar-refractivity contribution in [1.29, 1.82) is 0 Å². The number of alkyl halides is 3. The van der Waals surface area contributed by atoms with Crippen LogP contribution in [-0.4, -0.2) is 52.0 Å². The average Bonchev–Trinajstić information content (AvgIpc) is 2.66. The molecule has 0 spiro atoms. The summed E-state index contributed by atoms with van der Waals surface area (Å²) in [5, 5.41) is 2.88. The number of halogens is 3. The fourth-order valence-corrected chi connectivity index (χ4v) is 2.75. The molecular formula is C18H27F3N4O2. The Balaban J connectivity index is 2.03. The normalized spacial score (nSPS) is 15.9. The van der Waals surface area contributed by atoms with Crippen molar-refractivity contribution in [3.63, 3.8) is 0 Å². The zero-order valence-electron chi connectivity index (χ0n) is 15.5. The second-order valence-corrected chi connectivity index (χ2v) is 6.12. The Kier molecular flexibility index (Phi) is 8.18. The molecular weight excluding hydrogens is 361 g/mol. The summed E-state index contributed by atoms with van der Waals surface area (Å²) in [5.41, 5.74) is 5.69. The molecule has 1 aromatic carbocycles. The lowest BCUT2D eigenvalue weighted by Gasteiger charge is -2.29. The smallest absolute Gasteiger partial charge is 0.382 e. The van der Waals surface area contributed by atoms with Gasteiger partial charge in [0, 0.05) is 38.5 Å². The van der Waals surface area contributed by atoms with E-state index in [2.05, 4.69) is 10.3 Å². The minimum Gasteiger partial charge on any atom is -0.382 e. The SMILES string of the molecule is CCOCCCNC(N)=NCc1ccc(N2CCOCC2)cc1C(F)(F)F. The van der Waals surface area contributed by atoms with Gasteiger partial charge in [0.1, 0.15) is 0 Å². The molecule has 0 bridgehead atoms. The molecule has 1 aromatic rings. The van der Waals surface area contributed by atoms with Crippen molar-refractivity contribution in [3.05, 3.63) is 29.3 Å². The topological polar surface area (TPSA) is 72.1 Å². The van der Waals surface area contributed by atoms with Crippen LogP contribution in [0.1, 0.15) is 24.5 Å². The lowest BCUT2D eigenvalue weighted by Crippen LogP contribution is -2.36. The summed E-state index contributed by atoms with van der Waals surface area (Å²) in [5.74, 6) is 0.122. The second kappa shape index (κ2) is 10.4. The average molecular weight is 388 g/mol. The third-order valence-electron chi connectivity index (χ3n) is 4.17. The van der Waals surface area contributed by atoms with Gasteiger partial charge in [-0.1, -0.05) is 6.07 Å². The Labute approximate surface area is 157 Å². The summed E-state index contributed by atoms with van der Waals surface area (Å²) in [7, 11) is 0. The van der Waals surface area contributed by atoms with Gasteiger partial charge in [-0.05, 0) is 31.0 Å². The standard InChI is InChI=1S/C18H27F3N4O2/c1-2-26-9-3-6-23-17(22)24-13-14-4-5-15(12-16(14)18(19,20)21)25-7-10-27-11-8-25/h4-5,12H,2-3,6-11,13H2,1H3,(H3,22,23,24). The molecule has 0 aliphatic carbocycles. The molecule has 27 heavy (non-hydrogen) atoms. The van der Waals surface area contributed by atoms with Crippen LogP contribution in [-0.2, 0) is 22.2 Å². The van der Waals surface area contributed by atoms with Crippen LogP contribution in [0.5, 0.6) is 0 Å². The largest absolute Gasteiger partial charge is 0.416 e. The van der Waals surface area contributed by atoms with E-state index in [9.17, 15) is 13.2 Å². The lowest BCUT2D eigenvalue weighted by molar-refractivity contribution is -0.138. The number of nitrogens with two attached hydrogens (primary N) is 1. The number of hydrogen-bond donors (Lipinski definition) is 2. The molecule has 0 radical (unpaired) electrons. The molecule has 0 saturated carbocycles. The molecule has 9 heteroatoms. The first kappa shape index (κ1) is 21.3. The minimum atomic E-state index is -4.45. The first-order valence-corrected chi connectivity index (χ1v) is 9.06. The summed E-state index contributed by atoms with van der Waals surface area (Å²) in [4.78, 5) is 5.93. The number of nitrogens with one attached hydrogen (secondary N) is 1. The van der Waals surface area contributed by atoms with Gasteiger partial charge in [0.05, 0.1) is 25.3 Å². The number of rotatable bonds is 8. The molecule has 3 N–H and O–H groups in total. The molecule has 1 aliphatic heterocycles. The minimum absolute atomic E-state index is 0.0959. The maximum Gasteiger partial charge on any atom is 0.416 e. The Hall–Kier alpha value is -2.00. The summed E-state index contributed by atoms with van der Waals surface area (Å²) >= 11 is 0. The highest BCUT2D eigenvalue weighted by atomic mass is 19.4. The number of morpholine rings is 1. The van der Waals surface area contributed by atoms with Gasteiger partial charge < -0.3 is 25.4 Å². The predicted octanol–water partition coefficient (Wildman–Crippen LogP) is 2.37. The molecule has 0 unspecified atom stereocenters. The predicted molar refractivity (Wildman–Crippen MR) is 98.9 cm³/mol. The van der Waals surface area contributed by atoms with Crippen molar-refractivity contribution < 1.29 is 22.6 Å². The van der Waals surface area contributed by atoms with Crippen molar-refractivity contribution in [2.24, 2.45) is 10.7 Å². The van der Waals surface area contributed by atoms with Crippen molar-refractivity contribution in [2.45, 2.75) is 26.1 Å². The first-order valence-electron chi connectivity index (χ1n) is 9.06. The number of anilines is 1. The molecule has 2 rings (SSSR count). The van der Waals surface area contributed by atoms with E-state index in [1.807, 2.05) is 11.8 Å². The van der Waals surface area contributed by atoms with Crippen LogP contribution >= 0.6 is 0 Å². The van der Waals surface area contributed by atoms with Gasteiger partial charge in [0.15, 0.2) is 5.96 Å². The Bertz CT molecular complexity index is 617. The Morgan fingerprint density at radius 1 is 1.33 bits per heavy atom. The van der Waals surface area contributed by atoms with Crippen molar-refractivity contribution >= 4 is 11.6 Å². The number of nitrogens with zero attached hydrogens (tertiary/aromatic N) is 2. The second-order valence-electron chi connectivity index (χ2n) is 6.12. The van der Waals surface area contributed by atoms with Gasteiger partial charge in [-0.2, -0.15) is 13.2 Å². The van der Waals surface area contributed by atoms with E-state index in [0.717, 1.165) is 6.42 Å². The van der Waals surface area contributed by atoms with Gasteiger partial charge in [-0.15, -0.1) is 0 Å². The van der Waals surface area contributed by atoms with Gasteiger partial charge in [-0.25, -0.2) is 4.99 Å². The molecule has 0 aromatic heterocycles. The van der Waals surface area contributed by atoms with Crippen LogP contribution in [0.4, 0.5) is 18.9 Å². The van der Waals surface area contributed by atoms with E-state index >= 15 is 0 Å². The van der Waals surface area contributed by atoms with Crippen molar-refractivity contribution in [2.75, 3.05) is 51.0 Å². The number of benzene rings is 1. The highest BCUT2D eigenvalue weighted by Gasteiger charge is 2.34. The van der Waals surface area contributed by atoms with Crippen molar-refractivity contribution in [3.8, 4) is 0 Å². The molecule has 0 atom stereocenters. The maximum atomic E-state index is 13.5. The summed E-state index contributed by atoms with van der Waals surface area (Å²) in [6.07, 6.45) is -3.71. The number of guanidine groups is 1. The zero-order valence-corrected chi connectivity index (χ0v) is 15.5. The fraction of sp³-hybridized carbons (Fsp3) is 0.611. The lowest BCUT2D eigenvalue weighted by atomic mass is 10.1. The molecule has 6 nitrogen and oxygen atoms in total. The quantitative estimate of drug-likeness (QED) is 0.406. The van der Waals surface area contributed by atoms with Crippen molar-refractivity contribution in [1.82, 2.24) is 5.32 Å². The zero-order chi connectivity index (χ0) is 19.7.